The average Bonchev–Trinajstić information content (AvgIpc) is 2.55. The number of anilines is 1. The van der Waals surface area contributed by atoms with Crippen LogP contribution in [-0.4, -0.2) is 23.1 Å². The molecule has 23 heavy (non-hydrogen) atoms. The summed E-state index contributed by atoms with van der Waals surface area (Å²) in [6.45, 7) is 1.45. The number of aromatic hydroxyl groups is 1. The monoisotopic (exact) mass is 310 g/mol. The number of nitrogens with one attached hydrogen (secondary N) is 1. The lowest BCUT2D eigenvalue weighted by Crippen LogP contribution is -2.30. The average molecular weight is 310 g/mol. The minimum Gasteiger partial charge on any atom is -0.508 e. The summed E-state index contributed by atoms with van der Waals surface area (Å²) in [6.07, 6.45) is -1.01. The lowest BCUT2D eigenvalue weighted by atomic mass is 10.2. The molecular formula is C17H14N2O4. The summed E-state index contributed by atoms with van der Waals surface area (Å²) < 4.78 is 5.07. The Morgan fingerprint density at radius 2 is 1.91 bits per heavy atom. The first-order valence-corrected chi connectivity index (χ1v) is 6.80. The number of nitrogens with zero attached hydrogens (tertiary/aromatic N) is 1. The maximum Gasteiger partial charge on any atom is 0.338 e. The van der Waals surface area contributed by atoms with Gasteiger partial charge in [0.25, 0.3) is 5.91 Å². The van der Waals surface area contributed by atoms with Crippen molar-refractivity contribution in [2.45, 2.75) is 13.0 Å². The Morgan fingerprint density at radius 1 is 1.22 bits per heavy atom. The molecular weight excluding hydrogens is 296 g/mol. The normalized spacial score (nSPS) is 11.1. The Balaban J connectivity index is 1.98. The van der Waals surface area contributed by atoms with Crippen molar-refractivity contribution in [1.29, 1.82) is 5.26 Å². The van der Waals surface area contributed by atoms with Crippen molar-refractivity contribution in [2.75, 3.05) is 5.32 Å². The van der Waals surface area contributed by atoms with E-state index in [4.69, 9.17) is 10.00 Å². The number of phenolic OH excluding ortho intramolecular Hbond substituents is 1. The van der Waals surface area contributed by atoms with Crippen LogP contribution in [0.15, 0.2) is 48.5 Å². The fourth-order valence-electron chi connectivity index (χ4n) is 1.79. The number of carbonyl (C=O) groups is 2. The second-order valence-corrected chi connectivity index (χ2v) is 4.78. The van der Waals surface area contributed by atoms with Crippen LogP contribution in [0.4, 0.5) is 5.69 Å². The number of benzene rings is 2. The summed E-state index contributed by atoms with van der Waals surface area (Å²) in [5.74, 6) is -1.14. The molecule has 6 heteroatoms. The van der Waals surface area contributed by atoms with Gasteiger partial charge in [-0.3, -0.25) is 4.79 Å². The molecule has 0 saturated heterocycles. The summed E-state index contributed by atoms with van der Waals surface area (Å²) in [7, 11) is 0. The van der Waals surface area contributed by atoms with Crippen LogP contribution in [0.25, 0.3) is 0 Å². The van der Waals surface area contributed by atoms with Gasteiger partial charge < -0.3 is 15.2 Å². The largest absolute Gasteiger partial charge is 0.508 e. The van der Waals surface area contributed by atoms with E-state index < -0.39 is 18.0 Å². The molecule has 0 aromatic heterocycles. The topological polar surface area (TPSA) is 99.4 Å². The molecule has 0 spiro atoms. The van der Waals surface area contributed by atoms with Crippen molar-refractivity contribution < 1.29 is 19.4 Å². The van der Waals surface area contributed by atoms with E-state index >= 15 is 0 Å². The van der Waals surface area contributed by atoms with Crippen LogP contribution in [0.5, 0.6) is 5.75 Å². The summed E-state index contributed by atoms with van der Waals surface area (Å²) >= 11 is 0. The van der Waals surface area contributed by atoms with Crippen LogP contribution in [0.1, 0.15) is 22.8 Å². The predicted octanol–water partition coefficient (Wildman–Crippen LogP) is 2.45. The van der Waals surface area contributed by atoms with Crippen molar-refractivity contribution in [2.24, 2.45) is 0 Å². The quantitative estimate of drug-likeness (QED) is 0.845. The van der Waals surface area contributed by atoms with Crippen LogP contribution < -0.4 is 5.32 Å². The van der Waals surface area contributed by atoms with Crippen molar-refractivity contribution in [3.05, 3.63) is 59.7 Å². The van der Waals surface area contributed by atoms with Crippen LogP contribution in [0, 0.1) is 11.3 Å². The fraction of sp³-hybridized carbons (Fsp3) is 0.118. The van der Waals surface area contributed by atoms with Crippen LogP contribution >= 0.6 is 0 Å². The first-order chi connectivity index (χ1) is 11.0. The van der Waals surface area contributed by atoms with Gasteiger partial charge >= 0.3 is 5.97 Å². The highest BCUT2D eigenvalue weighted by Crippen LogP contribution is 2.13. The van der Waals surface area contributed by atoms with E-state index in [-0.39, 0.29) is 11.3 Å². The molecule has 0 unspecified atom stereocenters. The molecule has 0 bridgehead atoms. The highest BCUT2D eigenvalue weighted by atomic mass is 16.5. The van der Waals surface area contributed by atoms with Gasteiger partial charge in [0, 0.05) is 5.69 Å². The SMILES string of the molecule is C[C@H](OC(=O)c1ccc(O)cc1)C(=O)Nc1cccc(C#N)c1. The first kappa shape index (κ1) is 16.0. The third-order valence-electron chi connectivity index (χ3n) is 3.02. The second-order valence-electron chi connectivity index (χ2n) is 4.78. The summed E-state index contributed by atoms with van der Waals surface area (Å²) in [4.78, 5) is 23.9. The van der Waals surface area contributed by atoms with E-state index in [1.165, 1.54) is 37.3 Å². The zero-order valence-electron chi connectivity index (χ0n) is 12.3. The molecule has 116 valence electrons. The second kappa shape index (κ2) is 7.09. The molecule has 0 fully saturated rings. The number of rotatable bonds is 4. The van der Waals surface area contributed by atoms with Gasteiger partial charge in [-0.05, 0) is 49.4 Å². The van der Waals surface area contributed by atoms with Gasteiger partial charge in [0.05, 0.1) is 17.2 Å². The number of nitriles is 1. The van der Waals surface area contributed by atoms with E-state index in [1.807, 2.05) is 6.07 Å². The predicted molar refractivity (Wildman–Crippen MR) is 82.8 cm³/mol. The number of ether oxygens (including phenoxy) is 1. The van der Waals surface area contributed by atoms with Gasteiger partial charge in [-0.1, -0.05) is 6.07 Å². The minimum atomic E-state index is -1.01. The lowest BCUT2D eigenvalue weighted by molar-refractivity contribution is -0.123. The third-order valence-corrected chi connectivity index (χ3v) is 3.02. The third kappa shape index (κ3) is 4.32. The summed E-state index contributed by atoms with van der Waals surface area (Å²) in [5, 5.41) is 20.6. The molecule has 0 aliphatic rings. The molecule has 1 amide bonds. The summed E-state index contributed by atoms with van der Waals surface area (Å²) in [5.41, 5.74) is 1.09. The molecule has 0 aliphatic heterocycles. The standard InChI is InChI=1S/C17H14N2O4/c1-11(23-17(22)13-5-7-15(20)8-6-13)16(21)19-14-4-2-3-12(9-14)10-18/h2-9,11,20H,1H3,(H,19,21)/t11-/m0/s1. The zero-order chi connectivity index (χ0) is 16.8. The van der Waals surface area contributed by atoms with Gasteiger partial charge in [-0.2, -0.15) is 5.26 Å². The van der Waals surface area contributed by atoms with E-state index in [0.29, 0.717) is 11.3 Å². The van der Waals surface area contributed by atoms with Gasteiger partial charge in [0.15, 0.2) is 6.10 Å². The van der Waals surface area contributed by atoms with Gasteiger partial charge in [0.1, 0.15) is 5.75 Å². The molecule has 0 heterocycles. The van der Waals surface area contributed by atoms with Crippen molar-refractivity contribution in [3.63, 3.8) is 0 Å². The molecule has 2 aromatic rings. The minimum absolute atomic E-state index is 0.0321. The number of carbonyl (C=O) groups excluding carboxylic acids is 2. The molecule has 2 N–H and O–H groups in total. The molecule has 0 aliphatic carbocycles. The van der Waals surface area contributed by atoms with Gasteiger partial charge in [0.2, 0.25) is 0 Å². The van der Waals surface area contributed by atoms with E-state index in [2.05, 4.69) is 5.32 Å². The first-order valence-electron chi connectivity index (χ1n) is 6.80. The fourth-order valence-corrected chi connectivity index (χ4v) is 1.79. The van der Waals surface area contributed by atoms with Gasteiger partial charge in [-0.25, -0.2) is 4.79 Å². The molecule has 0 saturated carbocycles. The molecule has 1 atom stereocenters. The Labute approximate surface area is 132 Å². The van der Waals surface area contributed by atoms with E-state index in [9.17, 15) is 14.7 Å². The number of hydrogen-bond donors (Lipinski definition) is 2. The number of esters is 1. The highest BCUT2D eigenvalue weighted by Gasteiger charge is 2.19. The van der Waals surface area contributed by atoms with Crippen molar-refractivity contribution >= 4 is 17.6 Å². The summed E-state index contributed by atoms with van der Waals surface area (Å²) in [6, 6.07) is 13.9. The Kier molecular flexibility index (Phi) is 4.95. The van der Waals surface area contributed by atoms with Crippen molar-refractivity contribution in [3.8, 4) is 11.8 Å². The molecule has 0 radical (unpaired) electrons. The Hall–Kier alpha value is -3.33. The maximum absolute atomic E-state index is 12.0. The Bertz CT molecular complexity index is 763. The van der Waals surface area contributed by atoms with Gasteiger partial charge in [-0.15, -0.1) is 0 Å². The van der Waals surface area contributed by atoms with E-state index in [1.54, 1.807) is 18.2 Å². The molecule has 6 nitrogen and oxygen atoms in total. The Morgan fingerprint density at radius 3 is 2.57 bits per heavy atom. The van der Waals surface area contributed by atoms with Crippen molar-refractivity contribution in [1.82, 2.24) is 0 Å². The number of amides is 1. The van der Waals surface area contributed by atoms with E-state index in [0.717, 1.165) is 0 Å². The van der Waals surface area contributed by atoms with Crippen LogP contribution in [0.3, 0.4) is 0 Å². The maximum atomic E-state index is 12.0. The zero-order valence-corrected chi connectivity index (χ0v) is 12.3. The number of phenols is 1. The van der Waals surface area contributed by atoms with Crippen LogP contribution in [0.2, 0.25) is 0 Å². The number of hydrogen-bond acceptors (Lipinski definition) is 5. The lowest BCUT2D eigenvalue weighted by Gasteiger charge is -2.13. The highest BCUT2D eigenvalue weighted by molar-refractivity contribution is 5.97. The van der Waals surface area contributed by atoms with Crippen LogP contribution in [-0.2, 0) is 9.53 Å². The molecule has 2 rings (SSSR count). The molecule has 2 aromatic carbocycles. The smallest absolute Gasteiger partial charge is 0.338 e.